The minimum Gasteiger partial charge on any atom is -0.501 e. The van der Waals surface area contributed by atoms with Crippen LogP contribution in [0.25, 0.3) is 0 Å². The lowest BCUT2D eigenvalue weighted by atomic mass is 9.75. The SMILES string of the molecule is CNC(=O)C[C@H]1Cn2c(CC3(c4cc(C)cc(C)c4)CCCC3)nc(=O)c(O)c2C(=O)N1C. The molecule has 1 aliphatic heterocycles. The lowest BCUT2D eigenvalue weighted by Gasteiger charge is -2.37. The van der Waals surface area contributed by atoms with Gasteiger partial charge in [-0.05, 0) is 32.3 Å². The van der Waals surface area contributed by atoms with E-state index in [0.717, 1.165) is 25.7 Å². The van der Waals surface area contributed by atoms with E-state index < -0.39 is 23.3 Å². The molecule has 4 rings (SSSR count). The maximum atomic E-state index is 13.1. The topological polar surface area (TPSA) is 105 Å². The normalized spacial score (nSPS) is 19.5. The van der Waals surface area contributed by atoms with Crippen molar-refractivity contribution in [3.63, 3.8) is 0 Å². The van der Waals surface area contributed by atoms with Crippen LogP contribution in [-0.2, 0) is 23.2 Å². The minimum atomic E-state index is -0.781. The molecule has 176 valence electrons. The first-order valence-electron chi connectivity index (χ1n) is 11.5. The highest BCUT2D eigenvalue weighted by Crippen LogP contribution is 2.44. The van der Waals surface area contributed by atoms with Crippen LogP contribution in [0.15, 0.2) is 23.0 Å². The number of carbonyl (C=O) groups is 2. The molecular weight excluding hydrogens is 420 g/mol. The van der Waals surface area contributed by atoms with Gasteiger partial charge in [0.15, 0.2) is 5.69 Å². The van der Waals surface area contributed by atoms with Crippen molar-refractivity contribution in [3.05, 3.63) is 56.8 Å². The zero-order valence-electron chi connectivity index (χ0n) is 19.8. The fourth-order valence-electron chi connectivity index (χ4n) is 5.52. The summed E-state index contributed by atoms with van der Waals surface area (Å²) in [6, 6.07) is 6.17. The van der Waals surface area contributed by atoms with Gasteiger partial charge in [0.2, 0.25) is 11.7 Å². The Balaban J connectivity index is 1.82. The summed E-state index contributed by atoms with van der Waals surface area (Å²) in [5.74, 6) is -0.774. The van der Waals surface area contributed by atoms with Crippen LogP contribution in [0.5, 0.6) is 5.75 Å². The van der Waals surface area contributed by atoms with Gasteiger partial charge in [-0.25, -0.2) is 0 Å². The van der Waals surface area contributed by atoms with Crippen molar-refractivity contribution in [1.82, 2.24) is 19.8 Å². The van der Waals surface area contributed by atoms with Gasteiger partial charge in [-0.3, -0.25) is 14.4 Å². The molecule has 2 aromatic rings. The molecule has 0 saturated heterocycles. The van der Waals surface area contributed by atoms with Crippen molar-refractivity contribution in [2.75, 3.05) is 14.1 Å². The Hall–Kier alpha value is -3.16. The monoisotopic (exact) mass is 452 g/mol. The number of amides is 2. The van der Waals surface area contributed by atoms with Crippen LogP contribution >= 0.6 is 0 Å². The first kappa shape index (κ1) is 23.0. The quantitative estimate of drug-likeness (QED) is 0.724. The lowest BCUT2D eigenvalue weighted by Crippen LogP contribution is -2.49. The number of aromatic hydroxyl groups is 1. The van der Waals surface area contributed by atoms with E-state index in [0.29, 0.717) is 18.8 Å². The zero-order chi connectivity index (χ0) is 23.9. The van der Waals surface area contributed by atoms with Gasteiger partial charge in [0.05, 0.1) is 6.04 Å². The van der Waals surface area contributed by atoms with E-state index in [9.17, 15) is 19.5 Å². The van der Waals surface area contributed by atoms with Crippen molar-refractivity contribution in [1.29, 1.82) is 0 Å². The van der Waals surface area contributed by atoms with Gasteiger partial charge in [-0.2, -0.15) is 4.98 Å². The van der Waals surface area contributed by atoms with E-state index in [1.54, 1.807) is 18.7 Å². The molecule has 0 bridgehead atoms. The molecule has 1 aromatic heterocycles. The summed E-state index contributed by atoms with van der Waals surface area (Å²) in [5.41, 5.74) is 2.62. The highest BCUT2D eigenvalue weighted by molar-refractivity contribution is 5.96. The predicted octanol–water partition coefficient (Wildman–Crippen LogP) is 2.21. The fraction of sp³-hybridized carbons (Fsp3) is 0.520. The van der Waals surface area contributed by atoms with Gasteiger partial charge in [-0.15, -0.1) is 0 Å². The van der Waals surface area contributed by atoms with Crippen LogP contribution in [0.4, 0.5) is 0 Å². The predicted molar refractivity (Wildman–Crippen MR) is 124 cm³/mol. The van der Waals surface area contributed by atoms with Crippen molar-refractivity contribution in [3.8, 4) is 5.75 Å². The van der Waals surface area contributed by atoms with Crippen LogP contribution in [0.2, 0.25) is 0 Å². The van der Waals surface area contributed by atoms with Gasteiger partial charge in [-0.1, -0.05) is 42.2 Å². The molecule has 33 heavy (non-hydrogen) atoms. The first-order valence-corrected chi connectivity index (χ1v) is 11.5. The molecule has 0 unspecified atom stereocenters. The van der Waals surface area contributed by atoms with Gasteiger partial charge >= 0.3 is 5.56 Å². The molecule has 1 aromatic carbocycles. The number of likely N-dealkylation sites (N-methyl/N-ethyl adjacent to an activating group) is 1. The van der Waals surface area contributed by atoms with Crippen molar-refractivity contribution < 1.29 is 14.7 Å². The number of hydrogen-bond donors (Lipinski definition) is 2. The Morgan fingerprint density at radius 3 is 2.42 bits per heavy atom. The standard InChI is InChI=1S/C25H32N4O4/c1-15-9-16(2)11-17(10-15)25(7-5-6-8-25)13-19-27-23(32)22(31)21-24(33)28(4)18(14-29(19)21)12-20(30)26-3/h9-11,18,31H,5-8,12-14H2,1-4H3,(H,26,30)/t18-/m0/s1. The second-order valence-corrected chi connectivity index (χ2v) is 9.63. The molecule has 0 spiro atoms. The first-order chi connectivity index (χ1) is 15.6. The molecule has 0 radical (unpaired) electrons. The van der Waals surface area contributed by atoms with Gasteiger partial charge in [0, 0.05) is 38.9 Å². The number of hydrogen-bond acceptors (Lipinski definition) is 5. The minimum absolute atomic E-state index is 0.0331. The number of aromatic nitrogens is 2. The summed E-state index contributed by atoms with van der Waals surface area (Å²) in [6.07, 6.45) is 4.75. The van der Waals surface area contributed by atoms with Gasteiger partial charge < -0.3 is 19.9 Å². The van der Waals surface area contributed by atoms with E-state index in [1.165, 1.54) is 21.6 Å². The van der Waals surface area contributed by atoms with E-state index in [4.69, 9.17) is 0 Å². The third-order valence-electron chi connectivity index (χ3n) is 7.29. The highest BCUT2D eigenvalue weighted by Gasteiger charge is 2.40. The van der Waals surface area contributed by atoms with Crippen LogP contribution in [0.3, 0.4) is 0 Å². The largest absolute Gasteiger partial charge is 0.501 e. The fourth-order valence-corrected chi connectivity index (χ4v) is 5.52. The van der Waals surface area contributed by atoms with Crippen molar-refractivity contribution in [2.45, 2.75) is 70.4 Å². The smallest absolute Gasteiger partial charge is 0.315 e. The molecule has 2 heterocycles. The second-order valence-electron chi connectivity index (χ2n) is 9.63. The Kier molecular flexibility index (Phi) is 6.03. The molecule has 1 aliphatic carbocycles. The zero-order valence-corrected chi connectivity index (χ0v) is 19.8. The van der Waals surface area contributed by atoms with E-state index in [-0.39, 0.29) is 23.4 Å². The van der Waals surface area contributed by atoms with Gasteiger partial charge in [0.1, 0.15) is 5.82 Å². The maximum absolute atomic E-state index is 13.1. The summed E-state index contributed by atoms with van der Waals surface area (Å²) in [4.78, 5) is 43.5. The molecule has 2 N–H and O–H groups in total. The Morgan fingerprint density at radius 2 is 1.82 bits per heavy atom. The Morgan fingerprint density at radius 1 is 1.18 bits per heavy atom. The summed E-state index contributed by atoms with van der Waals surface area (Å²) >= 11 is 0. The maximum Gasteiger partial charge on any atom is 0.315 e. The Labute approximate surface area is 193 Å². The van der Waals surface area contributed by atoms with Crippen molar-refractivity contribution >= 4 is 11.8 Å². The third-order valence-corrected chi connectivity index (χ3v) is 7.29. The summed E-state index contributed by atoms with van der Waals surface area (Å²) in [5, 5.41) is 13.1. The second kappa shape index (κ2) is 8.65. The Bertz CT molecular complexity index is 1140. The van der Waals surface area contributed by atoms with Gasteiger partial charge in [0.25, 0.3) is 5.91 Å². The number of aryl methyl sites for hydroxylation is 2. The molecule has 1 saturated carbocycles. The average molecular weight is 453 g/mol. The molecule has 8 heteroatoms. The summed E-state index contributed by atoms with van der Waals surface area (Å²) in [6.45, 7) is 4.47. The molecule has 2 aliphatic rings. The van der Waals surface area contributed by atoms with Crippen LogP contribution in [0.1, 0.15) is 65.1 Å². The highest BCUT2D eigenvalue weighted by atomic mass is 16.3. The van der Waals surface area contributed by atoms with E-state index >= 15 is 0 Å². The number of fused-ring (bicyclic) bond motifs is 1. The van der Waals surface area contributed by atoms with E-state index in [2.05, 4.69) is 42.3 Å². The molecule has 1 atom stereocenters. The third kappa shape index (κ3) is 4.14. The number of benzene rings is 1. The number of carbonyl (C=O) groups excluding carboxylic acids is 2. The molecule has 8 nitrogen and oxygen atoms in total. The summed E-state index contributed by atoms with van der Waals surface area (Å²) in [7, 11) is 3.15. The molecule has 2 amide bonds. The molecule has 1 fully saturated rings. The number of nitrogens with one attached hydrogen (secondary N) is 1. The van der Waals surface area contributed by atoms with Crippen LogP contribution < -0.4 is 10.9 Å². The average Bonchev–Trinajstić information content (AvgIpc) is 3.24. The van der Waals surface area contributed by atoms with Crippen LogP contribution in [-0.4, -0.2) is 51.5 Å². The van der Waals surface area contributed by atoms with Crippen molar-refractivity contribution in [2.24, 2.45) is 0 Å². The number of rotatable bonds is 5. The molecular formula is C25H32N4O4. The van der Waals surface area contributed by atoms with Crippen LogP contribution in [0, 0.1) is 13.8 Å². The lowest BCUT2D eigenvalue weighted by molar-refractivity contribution is -0.121. The summed E-state index contributed by atoms with van der Waals surface area (Å²) < 4.78 is 1.68. The number of nitrogens with zero attached hydrogens (tertiary/aromatic N) is 3. The van der Waals surface area contributed by atoms with E-state index in [1.807, 2.05) is 0 Å².